The average Bonchev–Trinajstić information content (AvgIpc) is 2.32. The monoisotopic (exact) mass is 413 g/mol. The molecule has 3 N–H and O–H groups in total. The van der Waals surface area contributed by atoms with Crippen LogP contribution >= 0.6 is 44.1 Å². The van der Waals surface area contributed by atoms with E-state index in [-0.39, 0.29) is 0 Å². The molecule has 0 aliphatic rings. The van der Waals surface area contributed by atoms with E-state index in [0.717, 1.165) is 31.5 Å². The molecule has 0 amide bonds. The van der Waals surface area contributed by atoms with Crippen molar-refractivity contribution in [2.45, 2.75) is 13.8 Å². The lowest BCUT2D eigenvalue weighted by atomic mass is 10.1. The van der Waals surface area contributed by atoms with Gasteiger partial charge in [-0.25, -0.2) is 4.98 Å². The van der Waals surface area contributed by atoms with Gasteiger partial charge in [-0.2, -0.15) is 0 Å². The van der Waals surface area contributed by atoms with Gasteiger partial charge in [0.25, 0.3) is 0 Å². The number of anilines is 2. The molecule has 0 aliphatic carbocycles. The predicted molar refractivity (Wildman–Crippen MR) is 94.7 cm³/mol. The topological polar surface area (TPSA) is 50.9 Å². The van der Waals surface area contributed by atoms with Crippen LogP contribution < -0.4 is 11.1 Å². The number of halogens is 2. The molecule has 0 fully saturated rings. The molecule has 0 unspecified atom stereocenters. The maximum absolute atomic E-state index is 5.82. The van der Waals surface area contributed by atoms with Crippen LogP contribution in [0.15, 0.2) is 33.2 Å². The number of nitrogens with two attached hydrogens (primary N) is 1. The highest BCUT2D eigenvalue weighted by molar-refractivity contribution is 9.11. The van der Waals surface area contributed by atoms with Crippen molar-refractivity contribution < 1.29 is 0 Å². The minimum Gasteiger partial charge on any atom is -0.389 e. The highest BCUT2D eigenvalue weighted by Gasteiger charge is 2.13. The zero-order valence-corrected chi connectivity index (χ0v) is 15.0. The second-order valence-corrected chi connectivity index (χ2v) is 6.63. The summed E-state index contributed by atoms with van der Waals surface area (Å²) in [6.45, 7) is 3.92. The van der Waals surface area contributed by atoms with Crippen LogP contribution in [0.3, 0.4) is 0 Å². The Morgan fingerprint density at radius 2 is 1.95 bits per heavy atom. The van der Waals surface area contributed by atoms with Crippen molar-refractivity contribution in [2.75, 3.05) is 5.32 Å². The van der Waals surface area contributed by atoms with E-state index in [4.69, 9.17) is 18.0 Å². The van der Waals surface area contributed by atoms with Crippen molar-refractivity contribution >= 4 is 60.6 Å². The van der Waals surface area contributed by atoms with Crippen molar-refractivity contribution in [3.63, 3.8) is 0 Å². The number of hydrogen-bond acceptors (Lipinski definition) is 3. The Balaban J connectivity index is 2.53. The van der Waals surface area contributed by atoms with Crippen molar-refractivity contribution in [1.29, 1.82) is 0 Å². The van der Waals surface area contributed by atoms with Crippen LogP contribution in [-0.2, 0) is 0 Å². The van der Waals surface area contributed by atoms with E-state index in [2.05, 4.69) is 42.2 Å². The number of pyridine rings is 1. The lowest BCUT2D eigenvalue weighted by molar-refractivity contribution is 1.17. The van der Waals surface area contributed by atoms with Crippen LogP contribution in [0.5, 0.6) is 0 Å². The van der Waals surface area contributed by atoms with Crippen LogP contribution in [0.25, 0.3) is 0 Å². The molecule has 0 saturated heterocycles. The molecule has 1 aromatic carbocycles. The van der Waals surface area contributed by atoms with Crippen molar-refractivity contribution in [1.82, 2.24) is 4.98 Å². The van der Waals surface area contributed by atoms with E-state index >= 15 is 0 Å². The van der Waals surface area contributed by atoms with Gasteiger partial charge in [0.1, 0.15) is 10.8 Å². The smallest absolute Gasteiger partial charge is 0.141 e. The summed E-state index contributed by atoms with van der Waals surface area (Å²) in [6.07, 6.45) is 0. The molecule has 0 atom stereocenters. The van der Waals surface area contributed by atoms with Crippen LogP contribution in [0.1, 0.15) is 16.8 Å². The van der Waals surface area contributed by atoms with Gasteiger partial charge in [-0.1, -0.05) is 28.1 Å². The van der Waals surface area contributed by atoms with E-state index in [1.165, 1.54) is 0 Å². The van der Waals surface area contributed by atoms with Gasteiger partial charge in [-0.15, -0.1) is 0 Å². The Labute approximate surface area is 140 Å². The molecule has 104 valence electrons. The number of benzene rings is 1. The third kappa shape index (κ3) is 3.37. The molecular formula is C14H13Br2N3S. The van der Waals surface area contributed by atoms with E-state index in [0.29, 0.717) is 10.8 Å². The zero-order chi connectivity index (χ0) is 14.9. The summed E-state index contributed by atoms with van der Waals surface area (Å²) >= 11 is 12.1. The number of thiocarbonyl (C=S) groups is 1. The molecule has 0 aliphatic heterocycles. The first-order valence-corrected chi connectivity index (χ1v) is 7.88. The number of rotatable bonds is 3. The molecule has 0 saturated carbocycles. The number of aryl methyl sites for hydroxylation is 2. The van der Waals surface area contributed by atoms with E-state index in [1.54, 1.807) is 0 Å². The quantitative estimate of drug-likeness (QED) is 0.720. The molecule has 6 heteroatoms. The fourth-order valence-electron chi connectivity index (χ4n) is 1.96. The highest BCUT2D eigenvalue weighted by Crippen LogP contribution is 2.30. The number of nitrogens with zero attached hydrogens (tertiary/aromatic N) is 1. The Bertz CT molecular complexity index is 686. The van der Waals surface area contributed by atoms with Gasteiger partial charge in [0.15, 0.2) is 0 Å². The molecule has 3 nitrogen and oxygen atoms in total. The van der Waals surface area contributed by atoms with Crippen LogP contribution in [0.4, 0.5) is 11.5 Å². The molecule has 2 rings (SSSR count). The summed E-state index contributed by atoms with van der Waals surface area (Å²) in [5.74, 6) is 0.675. The van der Waals surface area contributed by atoms with Gasteiger partial charge in [0.05, 0.1) is 11.3 Å². The van der Waals surface area contributed by atoms with Crippen LogP contribution in [0.2, 0.25) is 0 Å². The van der Waals surface area contributed by atoms with Crippen LogP contribution in [0, 0.1) is 13.8 Å². The average molecular weight is 415 g/mol. The molecule has 1 heterocycles. The first-order chi connectivity index (χ1) is 9.38. The molecule has 0 radical (unpaired) electrons. The van der Waals surface area contributed by atoms with E-state index < -0.39 is 0 Å². The summed E-state index contributed by atoms with van der Waals surface area (Å²) < 4.78 is 1.92. The van der Waals surface area contributed by atoms with E-state index in [1.807, 2.05) is 38.1 Å². The maximum Gasteiger partial charge on any atom is 0.141 e. The highest BCUT2D eigenvalue weighted by atomic mass is 79.9. The molecular weight excluding hydrogens is 402 g/mol. The standard InChI is InChI=1S/C14H13Br2N3S/c1-7-5-8(2)18-14(12(7)13(17)20)19-11-6-9(15)3-4-10(11)16/h3-6H,1-2H3,(H2,17,20)(H,18,19). The van der Waals surface area contributed by atoms with Gasteiger partial charge < -0.3 is 11.1 Å². The normalized spacial score (nSPS) is 10.4. The van der Waals surface area contributed by atoms with Gasteiger partial charge in [0.2, 0.25) is 0 Å². The summed E-state index contributed by atoms with van der Waals surface area (Å²) in [5.41, 5.74) is 9.42. The fraction of sp³-hybridized carbons (Fsp3) is 0.143. The van der Waals surface area contributed by atoms with Gasteiger partial charge in [0, 0.05) is 14.6 Å². The van der Waals surface area contributed by atoms with Gasteiger partial charge in [-0.3, -0.25) is 0 Å². The molecule has 1 aromatic heterocycles. The SMILES string of the molecule is Cc1cc(C)c(C(N)=S)c(Nc2cc(Br)ccc2Br)n1. The Kier molecular flexibility index (Phi) is 4.78. The third-order valence-corrected chi connectivity index (χ3v) is 4.16. The van der Waals surface area contributed by atoms with Crippen LogP contribution in [-0.4, -0.2) is 9.97 Å². The number of aromatic nitrogens is 1. The lowest BCUT2D eigenvalue weighted by Gasteiger charge is -2.15. The zero-order valence-electron chi connectivity index (χ0n) is 11.0. The van der Waals surface area contributed by atoms with Gasteiger partial charge >= 0.3 is 0 Å². The second-order valence-electron chi connectivity index (χ2n) is 4.42. The fourth-order valence-corrected chi connectivity index (χ4v) is 2.92. The first-order valence-electron chi connectivity index (χ1n) is 5.88. The Morgan fingerprint density at radius 3 is 2.60 bits per heavy atom. The molecule has 0 bridgehead atoms. The minimum absolute atomic E-state index is 0.337. The summed E-state index contributed by atoms with van der Waals surface area (Å²) in [5, 5.41) is 3.29. The Hall–Kier alpha value is -0.980. The molecule has 2 aromatic rings. The Morgan fingerprint density at radius 1 is 1.25 bits per heavy atom. The van der Waals surface area contributed by atoms with Gasteiger partial charge in [-0.05, 0) is 59.6 Å². The summed E-state index contributed by atoms with van der Waals surface area (Å²) in [6, 6.07) is 7.84. The summed E-state index contributed by atoms with van der Waals surface area (Å²) in [7, 11) is 0. The third-order valence-electron chi connectivity index (χ3n) is 2.77. The largest absolute Gasteiger partial charge is 0.389 e. The van der Waals surface area contributed by atoms with Crippen molar-refractivity contribution in [2.24, 2.45) is 5.73 Å². The van der Waals surface area contributed by atoms with Crippen molar-refractivity contribution in [3.05, 3.63) is 50.0 Å². The number of nitrogens with one attached hydrogen (secondary N) is 1. The first kappa shape index (κ1) is 15.4. The molecule has 0 spiro atoms. The van der Waals surface area contributed by atoms with E-state index in [9.17, 15) is 0 Å². The maximum atomic E-state index is 5.82. The second kappa shape index (κ2) is 6.20. The molecule has 20 heavy (non-hydrogen) atoms. The minimum atomic E-state index is 0.337. The summed E-state index contributed by atoms with van der Waals surface area (Å²) in [4.78, 5) is 4.84. The number of hydrogen-bond donors (Lipinski definition) is 2. The lowest BCUT2D eigenvalue weighted by Crippen LogP contribution is -2.15. The van der Waals surface area contributed by atoms with Crippen molar-refractivity contribution in [3.8, 4) is 0 Å². The predicted octanol–water partition coefficient (Wildman–Crippen LogP) is 4.60.